The van der Waals surface area contributed by atoms with Gasteiger partial charge in [-0.15, -0.1) is 0 Å². The molecule has 106 valence electrons. The molecule has 3 aromatic rings. The fourth-order valence-corrected chi connectivity index (χ4v) is 2.81. The molecular weight excluding hydrogens is 305 g/mol. The van der Waals surface area contributed by atoms with Gasteiger partial charge in [-0.3, -0.25) is 0 Å². The van der Waals surface area contributed by atoms with Crippen LogP contribution < -0.4 is 5.73 Å². The molecule has 0 amide bonds. The number of halogens is 2. The van der Waals surface area contributed by atoms with Crippen LogP contribution in [0.25, 0.3) is 0 Å². The largest absolute Gasteiger partial charge is 0.398 e. The number of imidazole rings is 1. The minimum absolute atomic E-state index is 0.167. The monoisotopic (exact) mass is 317 g/mol. The van der Waals surface area contributed by atoms with E-state index in [1.165, 1.54) is 0 Å². The molecule has 1 heterocycles. The van der Waals surface area contributed by atoms with Crippen molar-refractivity contribution < 1.29 is 0 Å². The van der Waals surface area contributed by atoms with Crippen molar-refractivity contribution in [3.63, 3.8) is 0 Å². The summed E-state index contributed by atoms with van der Waals surface area (Å²) >= 11 is 12.5. The fourth-order valence-electron chi connectivity index (χ4n) is 2.39. The molecule has 0 aliphatic rings. The van der Waals surface area contributed by atoms with Crippen molar-refractivity contribution in [1.82, 2.24) is 9.55 Å². The van der Waals surface area contributed by atoms with Crippen LogP contribution in [0, 0.1) is 0 Å². The first-order valence-electron chi connectivity index (χ1n) is 6.43. The maximum absolute atomic E-state index is 6.37. The van der Waals surface area contributed by atoms with Gasteiger partial charge in [0.25, 0.3) is 0 Å². The summed E-state index contributed by atoms with van der Waals surface area (Å²) < 4.78 is 1.96. The zero-order chi connectivity index (χ0) is 14.8. The maximum Gasteiger partial charge on any atom is 0.0954 e. The van der Waals surface area contributed by atoms with Crippen LogP contribution in [0.15, 0.2) is 61.2 Å². The predicted octanol–water partition coefficient (Wildman–Crippen LogP) is 4.41. The average molecular weight is 318 g/mol. The van der Waals surface area contributed by atoms with E-state index in [0.717, 1.165) is 11.1 Å². The molecule has 3 rings (SSSR count). The van der Waals surface area contributed by atoms with Gasteiger partial charge in [-0.1, -0.05) is 41.4 Å². The molecule has 0 bridgehead atoms. The third kappa shape index (κ3) is 2.75. The van der Waals surface area contributed by atoms with Gasteiger partial charge in [0.05, 0.1) is 12.4 Å². The third-order valence-electron chi connectivity index (χ3n) is 3.37. The van der Waals surface area contributed by atoms with Crippen LogP contribution in [0.3, 0.4) is 0 Å². The first-order chi connectivity index (χ1) is 10.2. The summed E-state index contributed by atoms with van der Waals surface area (Å²) in [5.74, 6) is 0. The molecule has 1 unspecified atom stereocenters. The van der Waals surface area contributed by atoms with Crippen molar-refractivity contribution in [2.45, 2.75) is 6.04 Å². The molecule has 0 aliphatic carbocycles. The van der Waals surface area contributed by atoms with Crippen molar-refractivity contribution in [2.24, 2.45) is 0 Å². The second-order valence-corrected chi connectivity index (χ2v) is 5.55. The van der Waals surface area contributed by atoms with E-state index in [-0.39, 0.29) is 6.04 Å². The number of nitrogens with two attached hydrogens (primary N) is 1. The summed E-state index contributed by atoms with van der Waals surface area (Å²) in [6.07, 6.45) is 5.35. The molecule has 1 aromatic heterocycles. The standard InChI is InChI=1S/C16H13Cl2N3/c17-11-5-6-15(19)13(9-11)16(21-8-7-20-10-21)12-3-1-2-4-14(12)18/h1-10,16H,19H2. The summed E-state index contributed by atoms with van der Waals surface area (Å²) in [6.45, 7) is 0. The molecule has 2 aromatic carbocycles. The minimum atomic E-state index is -0.167. The second kappa shape index (κ2) is 5.80. The van der Waals surface area contributed by atoms with Gasteiger partial charge in [0.15, 0.2) is 0 Å². The first kappa shape index (κ1) is 14.0. The van der Waals surface area contributed by atoms with Gasteiger partial charge in [0.1, 0.15) is 0 Å². The summed E-state index contributed by atoms with van der Waals surface area (Å²) in [5, 5.41) is 1.31. The summed E-state index contributed by atoms with van der Waals surface area (Å²) in [6, 6.07) is 13.0. The van der Waals surface area contributed by atoms with Crippen molar-refractivity contribution in [1.29, 1.82) is 0 Å². The van der Waals surface area contributed by atoms with Crippen LogP contribution in [0.2, 0.25) is 10.0 Å². The summed E-state index contributed by atoms with van der Waals surface area (Å²) in [4.78, 5) is 4.12. The Hall–Kier alpha value is -1.97. The van der Waals surface area contributed by atoms with E-state index in [1.807, 2.05) is 41.1 Å². The Kier molecular flexibility index (Phi) is 3.86. The Morgan fingerprint density at radius 3 is 2.57 bits per heavy atom. The molecule has 2 N–H and O–H groups in total. The molecule has 5 heteroatoms. The Labute approximate surface area is 132 Å². The number of anilines is 1. The zero-order valence-electron chi connectivity index (χ0n) is 11.1. The molecular formula is C16H13Cl2N3. The number of hydrogen-bond acceptors (Lipinski definition) is 2. The van der Waals surface area contributed by atoms with Crippen LogP contribution in [0.4, 0.5) is 5.69 Å². The van der Waals surface area contributed by atoms with Crippen molar-refractivity contribution in [2.75, 3.05) is 5.73 Å². The molecule has 0 aliphatic heterocycles. The number of benzene rings is 2. The van der Waals surface area contributed by atoms with Crippen LogP contribution in [0.1, 0.15) is 17.2 Å². The van der Waals surface area contributed by atoms with Gasteiger partial charge < -0.3 is 10.3 Å². The molecule has 3 nitrogen and oxygen atoms in total. The molecule has 21 heavy (non-hydrogen) atoms. The smallest absolute Gasteiger partial charge is 0.0954 e. The molecule has 0 radical (unpaired) electrons. The topological polar surface area (TPSA) is 43.8 Å². The van der Waals surface area contributed by atoms with Crippen LogP contribution in [-0.2, 0) is 0 Å². The van der Waals surface area contributed by atoms with E-state index in [4.69, 9.17) is 28.9 Å². The van der Waals surface area contributed by atoms with Crippen LogP contribution >= 0.6 is 23.2 Å². The lowest BCUT2D eigenvalue weighted by Crippen LogP contribution is -2.13. The first-order valence-corrected chi connectivity index (χ1v) is 7.19. The minimum Gasteiger partial charge on any atom is -0.398 e. The Morgan fingerprint density at radius 1 is 1.05 bits per heavy atom. The highest BCUT2D eigenvalue weighted by Crippen LogP contribution is 2.35. The predicted molar refractivity (Wildman–Crippen MR) is 86.8 cm³/mol. The van der Waals surface area contributed by atoms with Crippen LogP contribution in [0.5, 0.6) is 0 Å². The number of nitrogen functional groups attached to an aromatic ring is 1. The second-order valence-electron chi connectivity index (χ2n) is 4.71. The van der Waals surface area contributed by atoms with Gasteiger partial charge >= 0.3 is 0 Å². The van der Waals surface area contributed by atoms with Crippen molar-refractivity contribution in [3.8, 4) is 0 Å². The number of hydrogen-bond donors (Lipinski definition) is 1. The van der Waals surface area contributed by atoms with E-state index in [2.05, 4.69) is 4.98 Å². The molecule has 0 saturated heterocycles. The highest BCUT2D eigenvalue weighted by Gasteiger charge is 2.21. The SMILES string of the molecule is Nc1ccc(Cl)cc1C(c1ccccc1Cl)n1ccnc1. The summed E-state index contributed by atoms with van der Waals surface area (Å²) in [7, 11) is 0. The lowest BCUT2D eigenvalue weighted by atomic mass is 9.97. The van der Waals surface area contributed by atoms with Gasteiger partial charge in [0, 0.05) is 33.7 Å². The maximum atomic E-state index is 6.37. The number of aromatic nitrogens is 2. The Bertz CT molecular complexity index is 754. The van der Waals surface area contributed by atoms with Gasteiger partial charge in [-0.05, 0) is 29.8 Å². The van der Waals surface area contributed by atoms with Gasteiger partial charge in [-0.25, -0.2) is 4.98 Å². The number of rotatable bonds is 3. The average Bonchev–Trinajstić information content (AvgIpc) is 2.99. The van der Waals surface area contributed by atoms with Crippen molar-refractivity contribution in [3.05, 3.63) is 82.4 Å². The Morgan fingerprint density at radius 2 is 1.86 bits per heavy atom. The lowest BCUT2D eigenvalue weighted by Gasteiger charge is -2.22. The normalized spacial score (nSPS) is 12.3. The molecule has 1 atom stereocenters. The Balaban J connectivity index is 2.23. The van der Waals surface area contributed by atoms with E-state index >= 15 is 0 Å². The van der Waals surface area contributed by atoms with E-state index in [1.54, 1.807) is 24.7 Å². The van der Waals surface area contributed by atoms with E-state index in [9.17, 15) is 0 Å². The van der Waals surface area contributed by atoms with Gasteiger partial charge in [-0.2, -0.15) is 0 Å². The lowest BCUT2D eigenvalue weighted by molar-refractivity contribution is 0.679. The quantitative estimate of drug-likeness (QED) is 0.727. The highest BCUT2D eigenvalue weighted by atomic mass is 35.5. The third-order valence-corrected chi connectivity index (χ3v) is 3.95. The highest BCUT2D eigenvalue weighted by molar-refractivity contribution is 6.31. The summed E-state index contributed by atoms with van der Waals surface area (Å²) in [5.41, 5.74) is 8.66. The van der Waals surface area contributed by atoms with Crippen LogP contribution in [-0.4, -0.2) is 9.55 Å². The molecule has 0 spiro atoms. The molecule has 0 saturated carbocycles. The van der Waals surface area contributed by atoms with Crippen molar-refractivity contribution >= 4 is 28.9 Å². The zero-order valence-corrected chi connectivity index (χ0v) is 12.6. The number of nitrogens with zero attached hydrogens (tertiary/aromatic N) is 2. The van der Waals surface area contributed by atoms with E-state index < -0.39 is 0 Å². The fraction of sp³-hybridized carbons (Fsp3) is 0.0625. The molecule has 0 fully saturated rings. The van der Waals surface area contributed by atoms with Gasteiger partial charge in [0.2, 0.25) is 0 Å². The van der Waals surface area contributed by atoms with E-state index in [0.29, 0.717) is 15.7 Å².